The molecule has 0 amide bonds. The van der Waals surface area contributed by atoms with Gasteiger partial charge >= 0.3 is 0 Å². The molecule has 0 aromatic heterocycles. The minimum Gasteiger partial charge on any atom is -0.344 e. The van der Waals surface area contributed by atoms with Crippen molar-refractivity contribution in [1.29, 1.82) is 0 Å². The second-order valence-electron chi connectivity index (χ2n) is 3.86. The van der Waals surface area contributed by atoms with E-state index in [0.29, 0.717) is 12.2 Å². The van der Waals surface area contributed by atoms with Crippen LogP contribution in [0.15, 0.2) is 0 Å². The molecule has 0 bridgehead atoms. The summed E-state index contributed by atoms with van der Waals surface area (Å²) in [6, 6.07) is 0. The number of rotatable bonds is 2. The highest BCUT2D eigenvalue weighted by molar-refractivity contribution is 4.89. The van der Waals surface area contributed by atoms with Crippen molar-refractivity contribution < 1.29 is 9.47 Å². The third-order valence-corrected chi connectivity index (χ3v) is 3.20. The van der Waals surface area contributed by atoms with Gasteiger partial charge in [0.05, 0.1) is 12.2 Å². The van der Waals surface area contributed by atoms with Crippen LogP contribution in [0.1, 0.15) is 46.0 Å². The quantitative estimate of drug-likeness (QED) is 0.634. The van der Waals surface area contributed by atoms with Gasteiger partial charge in [-0.2, -0.15) is 0 Å². The standard InChI is InChI=1S/C10H18O2/c1-3-10(4-2)11-8-6-5-7-9(8)12-10/h8-9H,3-7H2,1-2H3/t8-,9+. The van der Waals surface area contributed by atoms with Gasteiger partial charge in [-0.05, 0) is 32.1 Å². The lowest BCUT2D eigenvalue weighted by atomic mass is 10.1. The van der Waals surface area contributed by atoms with E-state index in [9.17, 15) is 0 Å². The third-order valence-electron chi connectivity index (χ3n) is 3.20. The van der Waals surface area contributed by atoms with Gasteiger partial charge in [0.2, 0.25) is 0 Å². The molecule has 0 aromatic rings. The fourth-order valence-corrected chi connectivity index (χ4v) is 2.32. The fraction of sp³-hybridized carbons (Fsp3) is 1.00. The Bertz CT molecular complexity index is 149. The average Bonchev–Trinajstić information content (AvgIpc) is 2.61. The molecule has 2 heteroatoms. The molecule has 1 aliphatic heterocycles. The summed E-state index contributed by atoms with van der Waals surface area (Å²) in [7, 11) is 0. The van der Waals surface area contributed by atoms with E-state index in [1.54, 1.807) is 0 Å². The largest absolute Gasteiger partial charge is 0.344 e. The number of fused-ring (bicyclic) bond motifs is 1. The second kappa shape index (κ2) is 3.00. The van der Waals surface area contributed by atoms with E-state index < -0.39 is 0 Å². The number of hydrogen-bond donors (Lipinski definition) is 0. The fourth-order valence-electron chi connectivity index (χ4n) is 2.32. The maximum atomic E-state index is 5.95. The Labute approximate surface area is 74.2 Å². The maximum Gasteiger partial charge on any atom is 0.168 e. The van der Waals surface area contributed by atoms with Crippen molar-refractivity contribution in [3.63, 3.8) is 0 Å². The highest BCUT2D eigenvalue weighted by Gasteiger charge is 2.46. The minimum atomic E-state index is -0.226. The molecule has 0 N–H and O–H groups in total. The Kier molecular flexibility index (Phi) is 2.13. The molecule has 0 spiro atoms. The van der Waals surface area contributed by atoms with Crippen molar-refractivity contribution in [2.45, 2.75) is 63.9 Å². The van der Waals surface area contributed by atoms with Crippen LogP contribution in [-0.2, 0) is 9.47 Å². The second-order valence-corrected chi connectivity index (χ2v) is 3.86. The molecule has 1 heterocycles. The molecule has 2 aliphatic rings. The summed E-state index contributed by atoms with van der Waals surface area (Å²) in [4.78, 5) is 0. The number of hydrogen-bond acceptors (Lipinski definition) is 2. The van der Waals surface area contributed by atoms with Gasteiger partial charge in [0.15, 0.2) is 5.79 Å². The molecule has 0 unspecified atom stereocenters. The van der Waals surface area contributed by atoms with Crippen LogP contribution in [-0.4, -0.2) is 18.0 Å². The lowest BCUT2D eigenvalue weighted by molar-refractivity contribution is -0.183. The smallest absolute Gasteiger partial charge is 0.168 e. The zero-order valence-electron chi connectivity index (χ0n) is 8.01. The molecule has 1 saturated heterocycles. The third kappa shape index (κ3) is 1.17. The van der Waals surface area contributed by atoms with Gasteiger partial charge in [-0.1, -0.05) is 13.8 Å². The molecule has 70 valence electrons. The van der Waals surface area contributed by atoms with Crippen molar-refractivity contribution in [3.05, 3.63) is 0 Å². The SMILES string of the molecule is CCC1(CC)O[C@H]2CCC[C@H]2O1. The first-order chi connectivity index (χ1) is 5.79. The zero-order valence-corrected chi connectivity index (χ0v) is 8.01. The van der Waals surface area contributed by atoms with Gasteiger partial charge in [0.25, 0.3) is 0 Å². The summed E-state index contributed by atoms with van der Waals surface area (Å²) in [5.74, 6) is -0.226. The predicted molar refractivity (Wildman–Crippen MR) is 46.9 cm³/mol. The van der Waals surface area contributed by atoms with Crippen molar-refractivity contribution in [3.8, 4) is 0 Å². The molecule has 0 aromatic carbocycles. The van der Waals surface area contributed by atoms with Crippen molar-refractivity contribution in [1.82, 2.24) is 0 Å². The van der Waals surface area contributed by atoms with Crippen LogP contribution in [0.4, 0.5) is 0 Å². The van der Waals surface area contributed by atoms with E-state index in [2.05, 4.69) is 13.8 Å². The first-order valence-corrected chi connectivity index (χ1v) is 5.15. The van der Waals surface area contributed by atoms with E-state index in [4.69, 9.17) is 9.47 Å². The van der Waals surface area contributed by atoms with Crippen LogP contribution >= 0.6 is 0 Å². The molecular weight excluding hydrogens is 152 g/mol. The molecule has 1 aliphatic carbocycles. The van der Waals surface area contributed by atoms with Gasteiger partial charge in [0, 0.05) is 0 Å². The Morgan fingerprint density at radius 2 is 1.58 bits per heavy atom. The monoisotopic (exact) mass is 170 g/mol. The van der Waals surface area contributed by atoms with Crippen LogP contribution in [0.3, 0.4) is 0 Å². The van der Waals surface area contributed by atoms with E-state index in [1.165, 1.54) is 19.3 Å². The van der Waals surface area contributed by atoms with Crippen LogP contribution in [0.25, 0.3) is 0 Å². The van der Waals surface area contributed by atoms with Gasteiger partial charge in [-0.3, -0.25) is 0 Å². The maximum absolute atomic E-state index is 5.95. The molecule has 2 rings (SSSR count). The van der Waals surface area contributed by atoms with Gasteiger partial charge in [-0.15, -0.1) is 0 Å². The zero-order chi connectivity index (χ0) is 8.60. The summed E-state index contributed by atoms with van der Waals surface area (Å²) in [6.45, 7) is 4.29. The van der Waals surface area contributed by atoms with E-state index >= 15 is 0 Å². The first kappa shape index (κ1) is 8.52. The topological polar surface area (TPSA) is 18.5 Å². The highest BCUT2D eigenvalue weighted by Crippen LogP contribution is 2.41. The Morgan fingerprint density at radius 3 is 2.00 bits per heavy atom. The van der Waals surface area contributed by atoms with Crippen molar-refractivity contribution in [2.24, 2.45) is 0 Å². The van der Waals surface area contributed by atoms with Gasteiger partial charge in [0.1, 0.15) is 0 Å². The average molecular weight is 170 g/mol. The molecular formula is C10H18O2. The van der Waals surface area contributed by atoms with Gasteiger partial charge < -0.3 is 9.47 Å². The van der Waals surface area contributed by atoms with Crippen molar-refractivity contribution >= 4 is 0 Å². The summed E-state index contributed by atoms with van der Waals surface area (Å²) in [5, 5.41) is 0. The minimum absolute atomic E-state index is 0.226. The molecule has 0 radical (unpaired) electrons. The predicted octanol–water partition coefficient (Wildman–Crippen LogP) is 2.47. The number of ether oxygens (including phenoxy) is 2. The summed E-state index contributed by atoms with van der Waals surface area (Å²) in [5.41, 5.74) is 0. The summed E-state index contributed by atoms with van der Waals surface area (Å²) in [6.07, 6.45) is 6.46. The van der Waals surface area contributed by atoms with Gasteiger partial charge in [-0.25, -0.2) is 0 Å². The van der Waals surface area contributed by atoms with E-state index in [1.807, 2.05) is 0 Å². The lowest BCUT2D eigenvalue weighted by Gasteiger charge is -2.25. The Hall–Kier alpha value is -0.0800. The van der Waals surface area contributed by atoms with Crippen LogP contribution in [0, 0.1) is 0 Å². The summed E-state index contributed by atoms with van der Waals surface area (Å²) >= 11 is 0. The highest BCUT2D eigenvalue weighted by atomic mass is 16.8. The van der Waals surface area contributed by atoms with E-state index in [-0.39, 0.29) is 5.79 Å². The molecule has 2 nitrogen and oxygen atoms in total. The van der Waals surface area contributed by atoms with Crippen LogP contribution in [0.5, 0.6) is 0 Å². The molecule has 1 saturated carbocycles. The first-order valence-electron chi connectivity index (χ1n) is 5.15. The summed E-state index contributed by atoms with van der Waals surface area (Å²) < 4.78 is 11.9. The van der Waals surface area contributed by atoms with Crippen LogP contribution in [0.2, 0.25) is 0 Å². The lowest BCUT2D eigenvalue weighted by Crippen LogP contribution is -2.29. The molecule has 12 heavy (non-hydrogen) atoms. The van der Waals surface area contributed by atoms with E-state index in [0.717, 1.165) is 12.8 Å². The van der Waals surface area contributed by atoms with Crippen LogP contribution < -0.4 is 0 Å². The Balaban J connectivity index is 2.05. The molecule has 2 fully saturated rings. The van der Waals surface area contributed by atoms with Crippen molar-refractivity contribution in [2.75, 3.05) is 0 Å². The normalized spacial score (nSPS) is 38.5. The Morgan fingerprint density at radius 1 is 1.08 bits per heavy atom. The molecule has 2 atom stereocenters.